The minimum atomic E-state index is -3.70. The Hall–Kier alpha value is -1.71. The Kier molecular flexibility index (Phi) is 6.57. The molecule has 0 bridgehead atoms. The molecular weight excluding hydrogens is 380 g/mol. The molecule has 0 radical (unpaired) electrons. The number of anilines is 1. The lowest BCUT2D eigenvalue weighted by Crippen LogP contribution is -3.14. The van der Waals surface area contributed by atoms with Crippen molar-refractivity contribution in [3.63, 3.8) is 0 Å². The monoisotopic (exact) mass is 411 g/mol. The molecule has 156 valence electrons. The van der Waals surface area contributed by atoms with Crippen molar-refractivity contribution in [2.45, 2.75) is 38.0 Å². The van der Waals surface area contributed by atoms with Crippen LogP contribution in [0.25, 0.3) is 0 Å². The van der Waals surface area contributed by atoms with Crippen LogP contribution in [0.1, 0.15) is 33.1 Å². The third kappa shape index (κ3) is 4.47. The number of sulfonamides is 1. The van der Waals surface area contributed by atoms with Crippen molar-refractivity contribution >= 4 is 21.4 Å². The number of quaternary nitrogens is 1. The first-order valence-electron chi connectivity index (χ1n) is 10.2. The number of nitrogens with one attached hydrogen (secondary N) is 1. The molecule has 0 amide bonds. The van der Waals surface area contributed by atoms with E-state index < -0.39 is 14.9 Å². The lowest BCUT2D eigenvalue weighted by molar-refractivity contribution is -0.900. The van der Waals surface area contributed by atoms with Crippen molar-refractivity contribution in [3.05, 3.63) is 28.3 Å². The number of nitrogens with zero attached hydrogens (tertiary/aromatic N) is 3. The Morgan fingerprint density at radius 3 is 2.39 bits per heavy atom. The van der Waals surface area contributed by atoms with Gasteiger partial charge in [-0.2, -0.15) is 4.31 Å². The fourth-order valence-electron chi connectivity index (χ4n) is 4.12. The van der Waals surface area contributed by atoms with E-state index in [2.05, 4.69) is 13.8 Å². The van der Waals surface area contributed by atoms with E-state index in [-0.39, 0.29) is 10.6 Å². The molecular formula is C19H31N4O4S+. The van der Waals surface area contributed by atoms with Crippen molar-refractivity contribution in [2.24, 2.45) is 5.92 Å². The quantitative estimate of drug-likeness (QED) is 0.560. The van der Waals surface area contributed by atoms with Gasteiger partial charge in [0.25, 0.3) is 5.69 Å². The van der Waals surface area contributed by atoms with E-state index in [4.69, 9.17) is 0 Å². The summed E-state index contributed by atoms with van der Waals surface area (Å²) >= 11 is 0. The van der Waals surface area contributed by atoms with Crippen LogP contribution in [0.15, 0.2) is 23.1 Å². The minimum absolute atomic E-state index is 0.0211. The van der Waals surface area contributed by atoms with Crippen molar-refractivity contribution < 1.29 is 18.2 Å². The van der Waals surface area contributed by atoms with E-state index in [9.17, 15) is 18.5 Å². The van der Waals surface area contributed by atoms with E-state index in [1.807, 2.05) is 4.90 Å². The molecule has 3 rings (SSSR count). The molecule has 1 aromatic rings. The SMILES string of the molecule is CCC[NH+]1CCN(c2ccc(S(=O)(=O)N3CCC(C)CC3)cc2[N+](=O)[O-])CC1. The Balaban J connectivity index is 1.83. The highest BCUT2D eigenvalue weighted by Crippen LogP contribution is 2.32. The van der Waals surface area contributed by atoms with E-state index >= 15 is 0 Å². The molecule has 0 atom stereocenters. The second-order valence-electron chi connectivity index (χ2n) is 7.98. The summed E-state index contributed by atoms with van der Waals surface area (Å²) in [6.45, 7) is 9.70. The number of piperidine rings is 1. The smallest absolute Gasteiger partial charge is 0.293 e. The van der Waals surface area contributed by atoms with Gasteiger partial charge in [0.15, 0.2) is 0 Å². The van der Waals surface area contributed by atoms with Crippen molar-refractivity contribution in [3.8, 4) is 0 Å². The number of rotatable bonds is 6. The molecule has 0 saturated carbocycles. The fraction of sp³-hybridized carbons (Fsp3) is 0.684. The first kappa shape index (κ1) is 21.0. The largest absolute Gasteiger partial charge is 0.355 e. The molecule has 9 heteroatoms. The number of hydrogen-bond acceptors (Lipinski definition) is 5. The summed E-state index contributed by atoms with van der Waals surface area (Å²) in [6, 6.07) is 4.39. The second kappa shape index (κ2) is 8.75. The zero-order valence-electron chi connectivity index (χ0n) is 16.8. The van der Waals surface area contributed by atoms with E-state index in [1.165, 1.54) is 21.3 Å². The average Bonchev–Trinajstić information content (AvgIpc) is 2.68. The standard InChI is InChI=1S/C19H30N4O4S/c1-3-8-20-11-13-21(14-12-20)18-5-4-17(15-19(18)23(24)25)28(26,27)22-9-6-16(2)7-10-22/h4-5,15-16H,3,6-14H2,1-2H3/p+1. The average molecular weight is 412 g/mol. The lowest BCUT2D eigenvalue weighted by Gasteiger charge is -2.33. The number of nitro benzene ring substituents is 1. The van der Waals surface area contributed by atoms with Crippen molar-refractivity contribution in [1.29, 1.82) is 0 Å². The van der Waals surface area contributed by atoms with Crippen LogP contribution in [0.4, 0.5) is 11.4 Å². The van der Waals surface area contributed by atoms with E-state index in [1.54, 1.807) is 6.07 Å². The van der Waals surface area contributed by atoms with Crippen LogP contribution in [0, 0.1) is 16.0 Å². The summed E-state index contributed by atoms with van der Waals surface area (Å²) in [4.78, 5) is 14.8. The minimum Gasteiger partial charge on any atom is -0.355 e. The molecule has 2 saturated heterocycles. The molecule has 1 N–H and O–H groups in total. The zero-order chi connectivity index (χ0) is 20.3. The zero-order valence-corrected chi connectivity index (χ0v) is 17.6. The van der Waals surface area contributed by atoms with Crippen LogP contribution < -0.4 is 9.80 Å². The Morgan fingerprint density at radius 1 is 1.18 bits per heavy atom. The molecule has 2 aliphatic rings. The van der Waals surface area contributed by atoms with Crippen LogP contribution in [-0.2, 0) is 10.0 Å². The van der Waals surface area contributed by atoms with Crippen LogP contribution in [0.2, 0.25) is 0 Å². The summed E-state index contributed by atoms with van der Waals surface area (Å²) in [5, 5.41) is 11.7. The van der Waals surface area contributed by atoms with Gasteiger partial charge in [-0.1, -0.05) is 13.8 Å². The summed E-state index contributed by atoms with van der Waals surface area (Å²) in [5.74, 6) is 0.511. The van der Waals surface area contributed by atoms with E-state index in [0.717, 1.165) is 52.0 Å². The van der Waals surface area contributed by atoms with Gasteiger partial charge in [0, 0.05) is 19.2 Å². The highest BCUT2D eigenvalue weighted by atomic mass is 32.2. The Labute approximate surface area is 167 Å². The molecule has 2 aliphatic heterocycles. The highest BCUT2D eigenvalue weighted by Gasteiger charge is 2.31. The molecule has 0 spiro atoms. The summed E-state index contributed by atoms with van der Waals surface area (Å²) < 4.78 is 27.4. The van der Waals surface area contributed by atoms with Gasteiger partial charge in [-0.05, 0) is 37.3 Å². The first-order valence-corrected chi connectivity index (χ1v) is 11.6. The fourth-order valence-corrected chi connectivity index (χ4v) is 5.61. The molecule has 2 fully saturated rings. The third-order valence-electron chi connectivity index (χ3n) is 5.94. The number of piperazine rings is 1. The molecule has 2 heterocycles. The van der Waals surface area contributed by atoms with Gasteiger partial charge in [0.05, 0.1) is 42.5 Å². The number of nitro groups is 1. The van der Waals surface area contributed by atoms with Crippen molar-refractivity contribution in [1.82, 2.24) is 4.31 Å². The molecule has 28 heavy (non-hydrogen) atoms. The maximum absolute atomic E-state index is 13.0. The van der Waals surface area contributed by atoms with Gasteiger partial charge >= 0.3 is 0 Å². The normalized spacial score (nSPS) is 20.4. The second-order valence-corrected chi connectivity index (χ2v) is 9.92. The molecule has 8 nitrogen and oxygen atoms in total. The maximum atomic E-state index is 13.0. The Morgan fingerprint density at radius 2 is 1.82 bits per heavy atom. The van der Waals surface area contributed by atoms with Crippen LogP contribution in [0.3, 0.4) is 0 Å². The molecule has 0 unspecified atom stereocenters. The number of benzene rings is 1. The lowest BCUT2D eigenvalue weighted by atomic mass is 10.0. The topological polar surface area (TPSA) is 88.2 Å². The van der Waals surface area contributed by atoms with Crippen LogP contribution in [-0.4, -0.2) is 63.5 Å². The highest BCUT2D eigenvalue weighted by molar-refractivity contribution is 7.89. The van der Waals surface area contributed by atoms with Gasteiger partial charge in [-0.15, -0.1) is 0 Å². The summed E-state index contributed by atoms with van der Waals surface area (Å²) in [5.41, 5.74) is 0.400. The molecule has 1 aromatic carbocycles. The number of hydrogen-bond donors (Lipinski definition) is 1. The van der Waals surface area contributed by atoms with Gasteiger partial charge in [0.2, 0.25) is 10.0 Å². The predicted molar refractivity (Wildman–Crippen MR) is 108 cm³/mol. The Bertz CT molecular complexity index is 798. The maximum Gasteiger partial charge on any atom is 0.293 e. The summed E-state index contributed by atoms with van der Waals surface area (Å²) in [7, 11) is -3.70. The summed E-state index contributed by atoms with van der Waals surface area (Å²) in [6.07, 6.45) is 2.77. The molecule has 0 aromatic heterocycles. The van der Waals surface area contributed by atoms with E-state index in [0.29, 0.717) is 24.7 Å². The van der Waals surface area contributed by atoms with Gasteiger partial charge in [-0.25, -0.2) is 8.42 Å². The first-order chi connectivity index (χ1) is 13.3. The predicted octanol–water partition coefficient (Wildman–Crippen LogP) is 1.13. The van der Waals surface area contributed by atoms with Gasteiger partial charge in [0.1, 0.15) is 5.69 Å². The third-order valence-corrected chi connectivity index (χ3v) is 7.83. The molecule has 0 aliphatic carbocycles. The van der Waals surface area contributed by atoms with Gasteiger partial charge in [-0.3, -0.25) is 10.1 Å². The van der Waals surface area contributed by atoms with Crippen molar-refractivity contribution in [2.75, 3.05) is 50.7 Å². The van der Waals surface area contributed by atoms with Gasteiger partial charge < -0.3 is 9.80 Å². The van der Waals surface area contributed by atoms with Crippen LogP contribution in [0.5, 0.6) is 0 Å². The van der Waals surface area contributed by atoms with Crippen LogP contribution >= 0.6 is 0 Å².